The Kier molecular flexibility index (Phi) is 4.93. The average molecular weight is 353 g/mol. The van der Waals surface area contributed by atoms with Crippen molar-refractivity contribution in [3.63, 3.8) is 0 Å². The number of halogens is 1. The molecule has 3 rings (SSSR count). The van der Waals surface area contributed by atoms with Crippen molar-refractivity contribution < 1.29 is 12.3 Å². The van der Waals surface area contributed by atoms with Crippen LogP contribution in [-0.2, 0) is 10.2 Å². The summed E-state index contributed by atoms with van der Waals surface area (Å²) in [5.41, 5.74) is 1.48. The Balaban J connectivity index is 1.77. The van der Waals surface area contributed by atoms with Crippen LogP contribution in [0.4, 0.5) is 3.89 Å². The normalized spacial score (nSPS) is 18.2. The summed E-state index contributed by atoms with van der Waals surface area (Å²) in [7, 11) is -4.69. The molecule has 1 aliphatic rings. The number of nitrogens with one attached hydrogen (secondary N) is 1. The molecule has 0 amide bonds. The lowest BCUT2D eigenvalue weighted by Crippen LogP contribution is -2.31. The van der Waals surface area contributed by atoms with Crippen molar-refractivity contribution in [2.75, 3.05) is 26.2 Å². The third-order valence-electron chi connectivity index (χ3n) is 4.24. The van der Waals surface area contributed by atoms with Crippen molar-refractivity contribution in [3.05, 3.63) is 36.2 Å². The first-order chi connectivity index (χ1) is 11.4. The molecule has 7 nitrogen and oxygen atoms in total. The fourth-order valence-electron chi connectivity index (χ4n) is 2.80. The Labute approximate surface area is 140 Å². The number of rotatable bonds is 4. The van der Waals surface area contributed by atoms with Gasteiger partial charge in [-0.3, -0.25) is 4.90 Å². The molecule has 1 aromatic carbocycles. The lowest BCUT2D eigenvalue weighted by molar-refractivity contribution is 0.221. The van der Waals surface area contributed by atoms with Crippen LogP contribution in [0.1, 0.15) is 25.1 Å². The molecule has 2 heterocycles. The van der Waals surface area contributed by atoms with Crippen molar-refractivity contribution in [1.29, 1.82) is 0 Å². The van der Waals surface area contributed by atoms with Gasteiger partial charge in [-0.1, -0.05) is 5.21 Å². The van der Waals surface area contributed by atoms with Gasteiger partial charge in [-0.15, -0.1) is 8.98 Å². The Morgan fingerprint density at radius 1 is 1.21 bits per heavy atom. The van der Waals surface area contributed by atoms with E-state index in [1.54, 1.807) is 4.68 Å². The quantitative estimate of drug-likeness (QED) is 0.834. The Bertz CT molecular complexity index is 782. The fraction of sp³-hybridized carbons (Fsp3) is 0.467. The van der Waals surface area contributed by atoms with Gasteiger partial charge in [0, 0.05) is 19.6 Å². The lowest BCUT2D eigenvalue weighted by Gasteiger charge is -2.25. The van der Waals surface area contributed by atoms with E-state index < -0.39 is 10.2 Å². The number of hydrogen-bond acceptors (Lipinski definition) is 6. The van der Waals surface area contributed by atoms with E-state index in [1.165, 1.54) is 24.3 Å². The molecule has 0 bridgehead atoms. The zero-order valence-electron chi connectivity index (χ0n) is 13.4. The molecule has 130 valence electrons. The standard InChI is InChI=1S/C15H20FN5O2S/c1-12(20-9-2-7-17-8-10-20)15-11-21(19-18-15)13-3-5-14(6-4-13)24(16,22)23/h3-6,11-12,17H,2,7-10H2,1H3. The minimum absolute atomic E-state index is 0.143. The first-order valence-electron chi connectivity index (χ1n) is 7.87. The fourth-order valence-corrected chi connectivity index (χ4v) is 3.26. The van der Waals surface area contributed by atoms with Gasteiger partial charge in [0.2, 0.25) is 0 Å². The van der Waals surface area contributed by atoms with E-state index in [0.717, 1.165) is 38.3 Å². The minimum Gasteiger partial charge on any atom is -0.315 e. The van der Waals surface area contributed by atoms with E-state index in [9.17, 15) is 12.3 Å². The second kappa shape index (κ2) is 6.96. The van der Waals surface area contributed by atoms with E-state index in [1.807, 2.05) is 6.20 Å². The molecular weight excluding hydrogens is 333 g/mol. The van der Waals surface area contributed by atoms with Crippen LogP contribution in [0.15, 0.2) is 35.4 Å². The van der Waals surface area contributed by atoms with Gasteiger partial charge in [0.05, 0.1) is 28.5 Å². The van der Waals surface area contributed by atoms with Crippen molar-refractivity contribution in [1.82, 2.24) is 25.2 Å². The van der Waals surface area contributed by atoms with Crippen molar-refractivity contribution in [3.8, 4) is 5.69 Å². The topological polar surface area (TPSA) is 80.1 Å². The van der Waals surface area contributed by atoms with Crippen molar-refractivity contribution in [2.24, 2.45) is 0 Å². The first-order valence-corrected chi connectivity index (χ1v) is 9.25. The molecule has 0 saturated carbocycles. The smallest absolute Gasteiger partial charge is 0.315 e. The highest BCUT2D eigenvalue weighted by Crippen LogP contribution is 2.20. The van der Waals surface area contributed by atoms with E-state index in [2.05, 4.69) is 27.5 Å². The van der Waals surface area contributed by atoms with Gasteiger partial charge >= 0.3 is 10.2 Å². The van der Waals surface area contributed by atoms with E-state index in [-0.39, 0.29) is 10.9 Å². The number of hydrogen-bond donors (Lipinski definition) is 1. The molecule has 1 fully saturated rings. The highest BCUT2D eigenvalue weighted by molar-refractivity contribution is 7.86. The van der Waals surface area contributed by atoms with Gasteiger partial charge in [0.15, 0.2) is 0 Å². The van der Waals surface area contributed by atoms with Crippen LogP contribution in [0, 0.1) is 0 Å². The summed E-state index contributed by atoms with van der Waals surface area (Å²) in [5.74, 6) is 0. The zero-order valence-corrected chi connectivity index (χ0v) is 14.2. The number of aromatic nitrogens is 3. The van der Waals surface area contributed by atoms with Crippen LogP contribution < -0.4 is 5.32 Å². The van der Waals surface area contributed by atoms with Gasteiger partial charge in [-0.25, -0.2) is 4.68 Å². The van der Waals surface area contributed by atoms with Gasteiger partial charge in [-0.05, 0) is 44.2 Å². The Morgan fingerprint density at radius 3 is 2.67 bits per heavy atom. The zero-order chi connectivity index (χ0) is 17.2. The lowest BCUT2D eigenvalue weighted by atomic mass is 10.2. The van der Waals surface area contributed by atoms with E-state index in [0.29, 0.717) is 5.69 Å². The molecule has 1 N–H and O–H groups in total. The molecule has 2 aromatic rings. The molecule has 9 heteroatoms. The summed E-state index contributed by atoms with van der Waals surface area (Å²) < 4.78 is 36.2. The molecule has 1 aliphatic heterocycles. The predicted molar refractivity (Wildman–Crippen MR) is 87.1 cm³/mol. The predicted octanol–water partition coefficient (Wildman–Crippen LogP) is 1.28. The SMILES string of the molecule is CC(c1cn(-c2ccc(S(=O)(=O)F)cc2)nn1)N1CCCNCC1. The second-order valence-electron chi connectivity index (χ2n) is 5.84. The largest absolute Gasteiger partial charge is 0.332 e. The molecule has 1 saturated heterocycles. The van der Waals surface area contributed by atoms with Crippen molar-refractivity contribution in [2.45, 2.75) is 24.3 Å². The van der Waals surface area contributed by atoms with Crippen molar-refractivity contribution >= 4 is 10.2 Å². The molecule has 0 aliphatic carbocycles. The summed E-state index contributed by atoms with van der Waals surface area (Å²) in [6.45, 7) is 6.04. The van der Waals surface area contributed by atoms with Crippen LogP contribution >= 0.6 is 0 Å². The van der Waals surface area contributed by atoms with Crippen LogP contribution in [0.5, 0.6) is 0 Å². The highest BCUT2D eigenvalue weighted by Gasteiger charge is 2.20. The summed E-state index contributed by atoms with van der Waals surface area (Å²) in [6.07, 6.45) is 2.92. The average Bonchev–Trinajstić information content (AvgIpc) is 2.89. The van der Waals surface area contributed by atoms with Crippen LogP contribution in [0.3, 0.4) is 0 Å². The Hall–Kier alpha value is -1.84. The summed E-state index contributed by atoms with van der Waals surface area (Å²) in [5, 5.41) is 11.7. The maximum atomic E-state index is 12.9. The number of nitrogens with zero attached hydrogens (tertiary/aromatic N) is 4. The maximum Gasteiger partial charge on any atom is 0.332 e. The third kappa shape index (κ3) is 3.80. The first kappa shape index (κ1) is 17.0. The van der Waals surface area contributed by atoms with Gasteiger partial charge in [0.1, 0.15) is 0 Å². The third-order valence-corrected chi connectivity index (χ3v) is 5.08. The molecule has 1 unspecified atom stereocenters. The van der Waals surface area contributed by atoms with Gasteiger partial charge in [-0.2, -0.15) is 8.42 Å². The summed E-state index contributed by atoms with van der Waals surface area (Å²) in [4.78, 5) is 1.99. The van der Waals surface area contributed by atoms with E-state index >= 15 is 0 Å². The molecular formula is C15H20FN5O2S. The minimum atomic E-state index is -4.69. The molecule has 24 heavy (non-hydrogen) atoms. The van der Waals surface area contributed by atoms with Crippen LogP contribution in [-0.4, -0.2) is 54.5 Å². The van der Waals surface area contributed by atoms with Gasteiger partial charge < -0.3 is 5.32 Å². The highest BCUT2D eigenvalue weighted by atomic mass is 32.3. The summed E-state index contributed by atoms with van der Waals surface area (Å²) in [6, 6.07) is 5.59. The maximum absolute atomic E-state index is 12.9. The Morgan fingerprint density at radius 2 is 1.96 bits per heavy atom. The van der Waals surface area contributed by atoms with Gasteiger partial charge in [0.25, 0.3) is 0 Å². The molecule has 1 atom stereocenters. The number of benzene rings is 1. The molecule has 0 radical (unpaired) electrons. The molecule has 0 spiro atoms. The van der Waals surface area contributed by atoms with Crippen LogP contribution in [0.25, 0.3) is 5.69 Å². The van der Waals surface area contributed by atoms with Crippen LogP contribution in [0.2, 0.25) is 0 Å². The monoisotopic (exact) mass is 353 g/mol. The molecule has 1 aromatic heterocycles. The second-order valence-corrected chi connectivity index (χ2v) is 7.18. The van der Waals surface area contributed by atoms with E-state index in [4.69, 9.17) is 0 Å². The summed E-state index contributed by atoms with van der Waals surface area (Å²) >= 11 is 0.